The van der Waals surface area contributed by atoms with Gasteiger partial charge in [0.2, 0.25) is 0 Å². The lowest BCUT2D eigenvalue weighted by Crippen LogP contribution is -2.45. The molecule has 1 saturated heterocycles. The molecule has 2 N–H and O–H groups in total. The van der Waals surface area contributed by atoms with Crippen LogP contribution in [0.3, 0.4) is 0 Å². The highest BCUT2D eigenvalue weighted by atomic mass is 35.5. The van der Waals surface area contributed by atoms with Crippen molar-refractivity contribution in [3.8, 4) is 0 Å². The van der Waals surface area contributed by atoms with E-state index in [-0.39, 0.29) is 12.1 Å². The van der Waals surface area contributed by atoms with E-state index < -0.39 is 0 Å². The Morgan fingerprint density at radius 3 is 2.94 bits per heavy atom. The summed E-state index contributed by atoms with van der Waals surface area (Å²) in [5.41, 5.74) is 8.36. The Hall–Kier alpha value is -0.610. The second kappa shape index (κ2) is 5.36. The first kappa shape index (κ1) is 12.8. The Bertz CT molecular complexity index is 397. The molecule has 17 heavy (non-hydrogen) atoms. The number of hydrogen-bond acceptors (Lipinski definition) is 3. The normalized spacial score (nSPS) is 23.6. The molecule has 4 heteroatoms. The van der Waals surface area contributed by atoms with Gasteiger partial charge in [0.25, 0.3) is 0 Å². The first-order chi connectivity index (χ1) is 8.08. The number of rotatable bonds is 2. The zero-order valence-corrected chi connectivity index (χ0v) is 11.1. The third-order valence-electron chi connectivity index (χ3n) is 3.28. The van der Waals surface area contributed by atoms with Crippen LogP contribution < -0.4 is 5.73 Å². The third kappa shape index (κ3) is 2.99. The molecule has 1 aromatic carbocycles. The summed E-state index contributed by atoms with van der Waals surface area (Å²) in [4.78, 5) is 2.24. The van der Waals surface area contributed by atoms with Gasteiger partial charge in [0.05, 0.1) is 18.8 Å². The van der Waals surface area contributed by atoms with Crippen LogP contribution in [0.25, 0.3) is 0 Å². The molecule has 1 heterocycles. The molecule has 1 aliphatic rings. The van der Waals surface area contributed by atoms with Gasteiger partial charge in [0.15, 0.2) is 0 Å². The fourth-order valence-electron chi connectivity index (χ4n) is 2.06. The summed E-state index contributed by atoms with van der Waals surface area (Å²) < 4.78 is 5.72. The predicted molar refractivity (Wildman–Crippen MR) is 70.4 cm³/mol. The van der Waals surface area contributed by atoms with E-state index in [2.05, 4.69) is 11.9 Å². The second-order valence-electron chi connectivity index (χ2n) is 4.71. The minimum absolute atomic E-state index is 0.0486. The van der Waals surface area contributed by atoms with Gasteiger partial charge in [-0.3, -0.25) is 0 Å². The fraction of sp³-hybridized carbons (Fsp3) is 0.538. The molecule has 1 fully saturated rings. The molecular weight excluding hydrogens is 236 g/mol. The molecule has 2 unspecified atom stereocenters. The summed E-state index contributed by atoms with van der Waals surface area (Å²) in [5.74, 6) is 0. The summed E-state index contributed by atoms with van der Waals surface area (Å²) in [6.07, 6.45) is 0.0486. The lowest BCUT2D eigenvalue weighted by molar-refractivity contribution is -0.0326. The maximum absolute atomic E-state index is 6.24. The maximum atomic E-state index is 6.24. The molecule has 1 aromatic rings. The second-order valence-corrected chi connectivity index (χ2v) is 5.11. The van der Waals surface area contributed by atoms with Gasteiger partial charge in [0.1, 0.15) is 0 Å². The van der Waals surface area contributed by atoms with Crippen molar-refractivity contribution in [2.75, 3.05) is 26.7 Å². The first-order valence-corrected chi connectivity index (χ1v) is 6.27. The smallest absolute Gasteiger partial charge is 0.0894 e. The molecule has 0 bridgehead atoms. The van der Waals surface area contributed by atoms with Gasteiger partial charge in [-0.15, -0.1) is 0 Å². The molecule has 94 valence electrons. The van der Waals surface area contributed by atoms with Crippen LogP contribution in [0.4, 0.5) is 0 Å². The summed E-state index contributed by atoms with van der Waals surface area (Å²) in [6, 6.07) is 5.86. The SMILES string of the molecule is Cc1ccc(C(N)C2CN(C)CCO2)cc1Cl. The van der Waals surface area contributed by atoms with E-state index in [4.69, 9.17) is 22.1 Å². The van der Waals surface area contributed by atoms with Crippen molar-refractivity contribution < 1.29 is 4.74 Å². The van der Waals surface area contributed by atoms with Crippen molar-refractivity contribution in [2.45, 2.75) is 19.1 Å². The molecule has 0 aromatic heterocycles. The van der Waals surface area contributed by atoms with Crippen LogP contribution in [-0.4, -0.2) is 37.7 Å². The van der Waals surface area contributed by atoms with E-state index in [1.54, 1.807) is 0 Å². The van der Waals surface area contributed by atoms with E-state index in [9.17, 15) is 0 Å². The molecule has 3 nitrogen and oxygen atoms in total. The van der Waals surface area contributed by atoms with Crippen LogP contribution in [-0.2, 0) is 4.74 Å². The molecule has 0 aliphatic carbocycles. The maximum Gasteiger partial charge on any atom is 0.0894 e. The number of halogens is 1. The van der Waals surface area contributed by atoms with Crippen molar-refractivity contribution in [1.82, 2.24) is 4.90 Å². The molecule has 2 rings (SSSR count). The van der Waals surface area contributed by atoms with E-state index >= 15 is 0 Å². The number of likely N-dealkylation sites (N-methyl/N-ethyl adjacent to an activating group) is 1. The lowest BCUT2D eigenvalue weighted by atomic mass is 10.00. The van der Waals surface area contributed by atoms with Crippen LogP contribution in [0, 0.1) is 6.92 Å². The monoisotopic (exact) mass is 254 g/mol. The van der Waals surface area contributed by atoms with E-state index in [0.29, 0.717) is 0 Å². The zero-order chi connectivity index (χ0) is 12.4. The van der Waals surface area contributed by atoms with Crippen LogP contribution in [0.5, 0.6) is 0 Å². The third-order valence-corrected chi connectivity index (χ3v) is 3.69. The average Bonchev–Trinajstić information content (AvgIpc) is 2.32. The highest BCUT2D eigenvalue weighted by Crippen LogP contribution is 2.24. The van der Waals surface area contributed by atoms with E-state index in [1.165, 1.54) is 0 Å². The quantitative estimate of drug-likeness (QED) is 0.877. The Morgan fingerprint density at radius 2 is 2.29 bits per heavy atom. The Balaban J connectivity index is 2.12. The van der Waals surface area contributed by atoms with Gasteiger partial charge in [-0.2, -0.15) is 0 Å². The van der Waals surface area contributed by atoms with Crippen molar-refractivity contribution >= 4 is 11.6 Å². The number of hydrogen-bond donors (Lipinski definition) is 1. The fourth-order valence-corrected chi connectivity index (χ4v) is 2.25. The standard InChI is InChI=1S/C13H19ClN2O/c1-9-3-4-10(7-11(9)14)13(15)12-8-16(2)5-6-17-12/h3-4,7,12-13H,5-6,8,15H2,1-2H3. The summed E-state index contributed by atoms with van der Waals surface area (Å²) in [7, 11) is 2.09. The van der Waals surface area contributed by atoms with Crippen LogP contribution in [0.1, 0.15) is 17.2 Å². The van der Waals surface area contributed by atoms with E-state index in [0.717, 1.165) is 35.8 Å². The summed E-state index contributed by atoms with van der Waals surface area (Å²) in [6.45, 7) is 4.57. The zero-order valence-electron chi connectivity index (χ0n) is 10.3. The molecule has 0 saturated carbocycles. The number of aryl methyl sites for hydroxylation is 1. The minimum Gasteiger partial charge on any atom is -0.374 e. The Labute approximate surface area is 107 Å². The van der Waals surface area contributed by atoms with Crippen LogP contribution in [0.15, 0.2) is 18.2 Å². The summed E-state index contributed by atoms with van der Waals surface area (Å²) in [5, 5.41) is 0.766. The lowest BCUT2D eigenvalue weighted by Gasteiger charge is -2.33. The van der Waals surface area contributed by atoms with Gasteiger partial charge < -0.3 is 15.4 Å². The number of nitrogens with zero attached hydrogens (tertiary/aromatic N) is 1. The highest BCUT2D eigenvalue weighted by molar-refractivity contribution is 6.31. The molecular formula is C13H19ClN2O. The molecule has 1 aliphatic heterocycles. The van der Waals surface area contributed by atoms with Crippen molar-refractivity contribution in [3.05, 3.63) is 34.3 Å². The van der Waals surface area contributed by atoms with Gasteiger partial charge in [-0.25, -0.2) is 0 Å². The van der Waals surface area contributed by atoms with Gasteiger partial charge >= 0.3 is 0 Å². The molecule has 0 spiro atoms. The van der Waals surface area contributed by atoms with Gasteiger partial charge in [-0.05, 0) is 31.2 Å². The number of ether oxygens (including phenoxy) is 1. The number of benzene rings is 1. The Kier molecular flexibility index (Phi) is 4.05. The topological polar surface area (TPSA) is 38.5 Å². The predicted octanol–water partition coefficient (Wildman–Crippen LogP) is 1.98. The minimum atomic E-state index is -0.115. The molecule has 0 radical (unpaired) electrons. The van der Waals surface area contributed by atoms with Crippen molar-refractivity contribution in [2.24, 2.45) is 5.73 Å². The van der Waals surface area contributed by atoms with Gasteiger partial charge in [-0.1, -0.05) is 23.7 Å². The van der Waals surface area contributed by atoms with Gasteiger partial charge in [0, 0.05) is 18.1 Å². The van der Waals surface area contributed by atoms with Crippen molar-refractivity contribution in [1.29, 1.82) is 0 Å². The number of nitrogens with two attached hydrogens (primary N) is 1. The van der Waals surface area contributed by atoms with Crippen LogP contribution in [0.2, 0.25) is 5.02 Å². The number of morpholine rings is 1. The van der Waals surface area contributed by atoms with E-state index in [1.807, 2.05) is 25.1 Å². The average molecular weight is 255 g/mol. The molecule has 0 amide bonds. The highest BCUT2D eigenvalue weighted by Gasteiger charge is 2.25. The molecule has 2 atom stereocenters. The van der Waals surface area contributed by atoms with Crippen molar-refractivity contribution in [3.63, 3.8) is 0 Å². The van der Waals surface area contributed by atoms with Crippen LogP contribution >= 0.6 is 11.6 Å². The largest absolute Gasteiger partial charge is 0.374 e. The summed E-state index contributed by atoms with van der Waals surface area (Å²) >= 11 is 6.12. The Morgan fingerprint density at radius 1 is 1.53 bits per heavy atom. The first-order valence-electron chi connectivity index (χ1n) is 5.89.